The van der Waals surface area contributed by atoms with E-state index in [9.17, 15) is 9.18 Å². The number of fused-ring (bicyclic) bond motifs is 1. The maximum Gasteiger partial charge on any atom is 0.246 e. The molecule has 0 fully saturated rings. The number of pyridine rings is 1. The molecule has 136 valence electrons. The lowest BCUT2D eigenvalue weighted by Gasteiger charge is -2.27. The minimum absolute atomic E-state index is 0.101. The number of nitrogens with one attached hydrogen (secondary N) is 1. The molecule has 0 aliphatic carbocycles. The fourth-order valence-electron chi connectivity index (χ4n) is 3.21. The van der Waals surface area contributed by atoms with Gasteiger partial charge in [0.05, 0.1) is 18.8 Å². The molecule has 0 spiro atoms. The third-order valence-corrected chi connectivity index (χ3v) is 4.54. The first-order valence-corrected chi connectivity index (χ1v) is 8.59. The Kier molecular flexibility index (Phi) is 4.42. The lowest BCUT2D eigenvalue weighted by atomic mass is 10.1. The first kappa shape index (κ1) is 17.0. The number of nitrogens with zero attached hydrogens (tertiary/aromatic N) is 4. The van der Waals surface area contributed by atoms with Gasteiger partial charge in [-0.1, -0.05) is 6.58 Å². The van der Waals surface area contributed by atoms with Gasteiger partial charge in [-0.3, -0.25) is 14.5 Å². The lowest BCUT2D eigenvalue weighted by Crippen LogP contribution is -2.37. The summed E-state index contributed by atoms with van der Waals surface area (Å²) in [6.45, 7) is 5.19. The molecule has 6 nitrogen and oxygen atoms in total. The van der Waals surface area contributed by atoms with Crippen molar-refractivity contribution in [2.75, 3.05) is 11.9 Å². The monoisotopic (exact) mass is 363 g/mol. The number of hydrogen-bond donors (Lipinski definition) is 1. The third kappa shape index (κ3) is 3.31. The van der Waals surface area contributed by atoms with Crippen molar-refractivity contribution in [2.24, 2.45) is 0 Å². The lowest BCUT2D eigenvalue weighted by molar-refractivity contribution is -0.127. The van der Waals surface area contributed by atoms with Crippen molar-refractivity contribution in [1.82, 2.24) is 19.7 Å². The van der Waals surface area contributed by atoms with E-state index < -0.39 is 0 Å². The molecule has 7 heteroatoms. The van der Waals surface area contributed by atoms with Gasteiger partial charge in [0.25, 0.3) is 0 Å². The first-order chi connectivity index (χ1) is 13.2. The summed E-state index contributed by atoms with van der Waals surface area (Å²) in [5.41, 5.74) is 3.53. The average molecular weight is 363 g/mol. The molecule has 1 N–H and O–H groups in total. The summed E-state index contributed by atoms with van der Waals surface area (Å²) in [7, 11) is 0. The molecule has 0 bridgehead atoms. The highest BCUT2D eigenvalue weighted by molar-refractivity contribution is 5.87. The van der Waals surface area contributed by atoms with Crippen molar-refractivity contribution < 1.29 is 9.18 Å². The van der Waals surface area contributed by atoms with E-state index in [1.54, 1.807) is 29.4 Å². The number of hydrogen-bond acceptors (Lipinski definition) is 4. The van der Waals surface area contributed by atoms with E-state index in [-0.39, 0.29) is 11.7 Å². The van der Waals surface area contributed by atoms with Gasteiger partial charge in [0.2, 0.25) is 5.91 Å². The van der Waals surface area contributed by atoms with E-state index >= 15 is 0 Å². The van der Waals surface area contributed by atoms with Crippen LogP contribution >= 0.6 is 0 Å². The van der Waals surface area contributed by atoms with Crippen LogP contribution in [0.25, 0.3) is 11.1 Å². The SMILES string of the molecule is C=CC(=O)N1CCn2nc(Nc3ccc(F)cc3)c(-c3ccncc3)c2C1. The minimum Gasteiger partial charge on any atom is -0.338 e. The number of halogens is 1. The van der Waals surface area contributed by atoms with Crippen molar-refractivity contribution in [1.29, 1.82) is 0 Å². The summed E-state index contributed by atoms with van der Waals surface area (Å²) < 4.78 is 15.1. The number of aromatic nitrogens is 3. The predicted molar refractivity (Wildman–Crippen MR) is 101 cm³/mol. The van der Waals surface area contributed by atoms with Gasteiger partial charge in [0.15, 0.2) is 5.82 Å². The Labute approximate surface area is 156 Å². The molecule has 4 rings (SSSR count). The largest absolute Gasteiger partial charge is 0.338 e. The molecular formula is C20H18FN5O. The van der Waals surface area contributed by atoms with Crippen LogP contribution in [-0.4, -0.2) is 32.1 Å². The van der Waals surface area contributed by atoms with Crippen LogP contribution in [0.5, 0.6) is 0 Å². The second-order valence-corrected chi connectivity index (χ2v) is 6.23. The second-order valence-electron chi connectivity index (χ2n) is 6.23. The van der Waals surface area contributed by atoms with Gasteiger partial charge in [0, 0.05) is 30.2 Å². The molecule has 0 atom stereocenters. The Morgan fingerprint density at radius 3 is 2.59 bits per heavy atom. The highest BCUT2D eigenvalue weighted by Crippen LogP contribution is 2.35. The summed E-state index contributed by atoms with van der Waals surface area (Å²) in [5, 5.41) is 7.96. The quantitative estimate of drug-likeness (QED) is 0.722. The highest BCUT2D eigenvalue weighted by Gasteiger charge is 2.26. The molecule has 1 aromatic carbocycles. The predicted octanol–water partition coefficient (Wildman–Crippen LogP) is 3.36. The zero-order valence-corrected chi connectivity index (χ0v) is 14.6. The molecule has 0 saturated carbocycles. The van der Waals surface area contributed by atoms with E-state index in [4.69, 9.17) is 5.10 Å². The molecule has 1 amide bonds. The van der Waals surface area contributed by atoms with Gasteiger partial charge in [-0.15, -0.1) is 0 Å². The van der Waals surface area contributed by atoms with Crippen LogP contribution in [0.1, 0.15) is 5.69 Å². The Morgan fingerprint density at radius 2 is 1.89 bits per heavy atom. The molecule has 27 heavy (non-hydrogen) atoms. The Hall–Kier alpha value is -3.48. The second kappa shape index (κ2) is 7.03. The van der Waals surface area contributed by atoms with Crippen molar-refractivity contribution in [3.63, 3.8) is 0 Å². The maximum absolute atomic E-state index is 13.2. The van der Waals surface area contributed by atoms with E-state index in [0.717, 1.165) is 22.5 Å². The van der Waals surface area contributed by atoms with Gasteiger partial charge in [-0.2, -0.15) is 5.10 Å². The summed E-state index contributed by atoms with van der Waals surface area (Å²) in [4.78, 5) is 17.9. The smallest absolute Gasteiger partial charge is 0.246 e. The van der Waals surface area contributed by atoms with Gasteiger partial charge in [-0.05, 0) is 48.0 Å². The normalized spacial score (nSPS) is 13.1. The number of rotatable bonds is 4. The standard InChI is InChI=1S/C20H18FN5O/c1-2-18(27)25-11-12-26-17(13-25)19(14-7-9-22-10-8-14)20(24-26)23-16-5-3-15(21)4-6-16/h2-10H,1,11-13H2,(H,23,24). The van der Waals surface area contributed by atoms with Gasteiger partial charge in [0.1, 0.15) is 5.82 Å². The minimum atomic E-state index is -0.294. The van der Waals surface area contributed by atoms with Crippen molar-refractivity contribution in [3.8, 4) is 11.1 Å². The van der Waals surface area contributed by atoms with E-state index in [1.165, 1.54) is 18.2 Å². The van der Waals surface area contributed by atoms with Crippen LogP contribution in [0.4, 0.5) is 15.9 Å². The molecule has 1 aliphatic heterocycles. The Bertz CT molecular complexity index is 982. The number of anilines is 2. The Morgan fingerprint density at radius 1 is 1.15 bits per heavy atom. The van der Waals surface area contributed by atoms with E-state index in [1.807, 2.05) is 16.8 Å². The molecule has 3 aromatic rings. The molecule has 0 radical (unpaired) electrons. The fraction of sp³-hybridized carbons (Fsp3) is 0.150. The van der Waals surface area contributed by atoms with Crippen LogP contribution in [0, 0.1) is 5.82 Å². The van der Waals surface area contributed by atoms with Crippen LogP contribution < -0.4 is 5.32 Å². The fourth-order valence-corrected chi connectivity index (χ4v) is 3.21. The summed E-state index contributed by atoms with van der Waals surface area (Å²) >= 11 is 0. The number of benzene rings is 1. The number of carbonyl (C=O) groups excluding carboxylic acids is 1. The third-order valence-electron chi connectivity index (χ3n) is 4.54. The summed E-state index contributed by atoms with van der Waals surface area (Å²) in [5.74, 6) is 0.268. The molecule has 2 aromatic heterocycles. The van der Waals surface area contributed by atoms with Crippen molar-refractivity contribution >= 4 is 17.4 Å². The number of amides is 1. The molecule has 0 unspecified atom stereocenters. The van der Waals surface area contributed by atoms with Crippen LogP contribution in [0.3, 0.4) is 0 Å². The zero-order chi connectivity index (χ0) is 18.8. The van der Waals surface area contributed by atoms with Crippen LogP contribution in [0.2, 0.25) is 0 Å². The summed E-state index contributed by atoms with van der Waals surface area (Å²) in [6, 6.07) is 9.93. The molecular weight excluding hydrogens is 345 g/mol. The van der Waals surface area contributed by atoms with E-state index in [2.05, 4.69) is 16.9 Å². The molecule has 1 aliphatic rings. The average Bonchev–Trinajstić information content (AvgIpc) is 3.06. The highest BCUT2D eigenvalue weighted by atomic mass is 19.1. The van der Waals surface area contributed by atoms with Gasteiger partial charge < -0.3 is 10.2 Å². The maximum atomic E-state index is 13.2. The molecule has 0 saturated heterocycles. The zero-order valence-electron chi connectivity index (χ0n) is 14.6. The van der Waals surface area contributed by atoms with Crippen molar-refractivity contribution in [2.45, 2.75) is 13.1 Å². The van der Waals surface area contributed by atoms with Crippen LogP contribution in [0.15, 0.2) is 61.4 Å². The van der Waals surface area contributed by atoms with Gasteiger partial charge in [-0.25, -0.2) is 4.39 Å². The summed E-state index contributed by atoms with van der Waals surface area (Å²) in [6.07, 6.45) is 4.77. The van der Waals surface area contributed by atoms with Crippen LogP contribution in [-0.2, 0) is 17.9 Å². The van der Waals surface area contributed by atoms with Crippen molar-refractivity contribution in [3.05, 3.63) is 73.0 Å². The Balaban J connectivity index is 1.77. The topological polar surface area (TPSA) is 63.1 Å². The number of carbonyl (C=O) groups is 1. The van der Waals surface area contributed by atoms with Gasteiger partial charge >= 0.3 is 0 Å². The van der Waals surface area contributed by atoms with E-state index in [0.29, 0.717) is 25.5 Å². The first-order valence-electron chi connectivity index (χ1n) is 8.59. The molecule has 3 heterocycles.